The number of amides is 1. The number of nitrogens with two attached hydrogens (primary N) is 1. The minimum absolute atomic E-state index is 0.0307. The number of carbonyl (C=O) groups excluding carboxylic acids is 1. The fourth-order valence-corrected chi connectivity index (χ4v) is 2.68. The Morgan fingerprint density at radius 2 is 2.06 bits per heavy atom. The third-order valence-electron chi connectivity index (χ3n) is 3.56. The van der Waals surface area contributed by atoms with Crippen LogP contribution in [0.3, 0.4) is 0 Å². The lowest BCUT2D eigenvalue weighted by atomic mass is 10.2. The van der Waals surface area contributed by atoms with Gasteiger partial charge in [-0.2, -0.15) is 0 Å². The van der Waals surface area contributed by atoms with Gasteiger partial charge in [0.25, 0.3) is 0 Å². The summed E-state index contributed by atoms with van der Waals surface area (Å²) in [6, 6.07) is 0.652. The van der Waals surface area contributed by atoms with Crippen molar-refractivity contribution in [2.24, 2.45) is 10.7 Å². The topological polar surface area (TPSA) is 70.7 Å². The molecule has 1 heterocycles. The molecular weight excluding hydrogens is 216 g/mol. The minimum atomic E-state index is 0.0307. The number of guanidine groups is 1. The van der Waals surface area contributed by atoms with Crippen LogP contribution >= 0.6 is 0 Å². The second kappa shape index (κ2) is 5.38. The summed E-state index contributed by atoms with van der Waals surface area (Å²) in [7, 11) is 0. The lowest BCUT2D eigenvalue weighted by Crippen LogP contribution is -2.40. The number of nitrogens with zero attached hydrogens (tertiary/aromatic N) is 2. The van der Waals surface area contributed by atoms with Crippen molar-refractivity contribution < 1.29 is 4.79 Å². The molecular formula is C12H22N4O. The molecule has 2 rings (SSSR count). The first-order chi connectivity index (χ1) is 8.15. The van der Waals surface area contributed by atoms with E-state index in [1.165, 1.54) is 25.7 Å². The monoisotopic (exact) mass is 238 g/mol. The van der Waals surface area contributed by atoms with Gasteiger partial charge in [-0.1, -0.05) is 12.8 Å². The van der Waals surface area contributed by atoms with Gasteiger partial charge in [-0.25, -0.2) is 4.99 Å². The van der Waals surface area contributed by atoms with Crippen LogP contribution in [0.15, 0.2) is 4.99 Å². The molecule has 1 saturated heterocycles. The molecule has 1 amide bonds. The van der Waals surface area contributed by atoms with Gasteiger partial charge in [-0.05, 0) is 19.3 Å². The summed E-state index contributed by atoms with van der Waals surface area (Å²) >= 11 is 0. The zero-order chi connectivity index (χ0) is 12.3. The number of hydrogen-bond donors (Lipinski definition) is 2. The number of aliphatic imine (C=N–C) groups is 1. The molecule has 5 heteroatoms. The molecule has 0 bridgehead atoms. The first-order valence-corrected chi connectivity index (χ1v) is 6.50. The molecule has 1 unspecified atom stereocenters. The van der Waals surface area contributed by atoms with Gasteiger partial charge in [0.05, 0.1) is 6.04 Å². The maximum atomic E-state index is 11.0. The highest BCUT2D eigenvalue weighted by atomic mass is 16.1. The summed E-state index contributed by atoms with van der Waals surface area (Å²) in [5, 5.41) is 2.93. The lowest BCUT2D eigenvalue weighted by molar-refractivity contribution is -0.119. The van der Waals surface area contributed by atoms with Crippen molar-refractivity contribution in [2.45, 2.75) is 51.1 Å². The molecule has 0 aromatic heterocycles. The van der Waals surface area contributed by atoms with Crippen LogP contribution in [0.1, 0.15) is 39.0 Å². The molecule has 0 spiro atoms. The Morgan fingerprint density at radius 3 is 2.71 bits per heavy atom. The van der Waals surface area contributed by atoms with Gasteiger partial charge < -0.3 is 16.0 Å². The minimum Gasteiger partial charge on any atom is -0.370 e. The van der Waals surface area contributed by atoms with E-state index in [0.717, 1.165) is 19.5 Å². The number of hydrogen-bond acceptors (Lipinski definition) is 2. The Balaban J connectivity index is 1.84. The molecule has 17 heavy (non-hydrogen) atoms. The quantitative estimate of drug-likeness (QED) is 0.542. The highest BCUT2D eigenvalue weighted by Crippen LogP contribution is 2.21. The Morgan fingerprint density at radius 1 is 1.35 bits per heavy atom. The normalized spacial score (nSPS) is 26.5. The zero-order valence-corrected chi connectivity index (χ0v) is 10.5. The molecule has 2 fully saturated rings. The van der Waals surface area contributed by atoms with Crippen LogP contribution in [0.5, 0.6) is 0 Å². The molecule has 3 N–H and O–H groups in total. The second-order valence-corrected chi connectivity index (χ2v) is 5.06. The molecule has 0 aromatic rings. The molecule has 1 atom stereocenters. The SMILES string of the molecule is CC(=O)NC1CCN(C(N)=NC2CCCC2)C1. The Labute approximate surface area is 102 Å². The van der Waals surface area contributed by atoms with Crippen LogP contribution in [-0.4, -0.2) is 41.9 Å². The first kappa shape index (κ1) is 12.2. The third-order valence-corrected chi connectivity index (χ3v) is 3.56. The van der Waals surface area contributed by atoms with Gasteiger partial charge in [0.2, 0.25) is 5.91 Å². The van der Waals surface area contributed by atoms with E-state index in [1.54, 1.807) is 6.92 Å². The van der Waals surface area contributed by atoms with Gasteiger partial charge in [0, 0.05) is 26.1 Å². The first-order valence-electron chi connectivity index (χ1n) is 6.50. The summed E-state index contributed by atoms with van der Waals surface area (Å²) in [5.74, 6) is 0.688. The zero-order valence-electron chi connectivity index (χ0n) is 10.5. The van der Waals surface area contributed by atoms with Crippen molar-refractivity contribution in [3.8, 4) is 0 Å². The Bertz CT molecular complexity index is 310. The molecule has 5 nitrogen and oxygen atoms in total. The summed E-state index contributed by atoms with van der Waals surface area (Å²) < 4.78 is 0. The fourth-order valence-electron chi connectivity index (χ4n) is 2.68. The van der Waals surface area contributed by atoms with Crippen molar-refractivity contribution in [3.63, 3.8) is 0 Å². The Kier molecular flexibility index (Phi) is 3.86. The van der Waals surface area contributed by atoms with E-state index in [1.807, 2.05) is 0 Å². The lowest BCUT2D eigenvalue weighted by Gasteiger charge is -2.18. The Hall–Kier alpha value is -1.26. The summed E-state index contributed by atoms with van der Waals surface area (Å²) in [6.07, 6.45) is 5.85. The van der Waals surface area contributed by atoms with Crippen molar-refractivity contribution in [2.75, 3.05) is 13.1 Å². The maximum absolute atomic E-state index is 11.0. The highest BCUT2D eigenvalue weighted by molar-refractivity contribution is 5.79. The van der Waals surface area contributed by atoms with Crippen LogP contribution < -0.4 is 11.1 Å². The average molecular weight is 238 g/mol. The van der Waals surface area contributed by atoms with Crippen LogP contribution in [0, 0.1) is 0 Å². The average Bonchev–Trinajstić information content (AvgIpc) is 2.87. The number of nitrogens with one attached hydrogen (secondary N) is 1. The van der Waals surface area contributed by atoms with Gasteiger partial charge in [-0.3, -0.25) is 4.79 Å². The van der Waals surface area contributed by atoms with Crippen molar-refractivity contribution in [1.29, 1.82) is 0 Å². The molecule has 0 radical (unpaired) electrons. The highest BCUT2D eigenvalue weighted by Gasteiger charge is 2.25. The van der Waals surface area contributed by atoms with Crippen molar-refractivity contribution >= 4 is 11.9 Å². The maximum Gasteiger partial charge on any atom is 0.217 e. The summed E-state index contributed by atoms with van der Waals surface area (Å²) in [4.78, 5) is 17.6. The van der Waals surface area contributed by atoms with Crippen molar-refractivity contribution in [1.82, 2.24) is 10.2 Å². The standard InChI is InChI=1S/C12H22N4O/c1-9(17)14-11-6-7-16(8-11)12(13)15-10-4-2-3-5-10/h10-11H,2-8H2,1H3,(H2,13,15)(H,14,17). The van der Waals surface area contributed by atoms with E-state index in [4.69, 9.17) is 5.73 Å². The number of likely N-dealkylation sites (tertiary alicyclic amines) is 1. The number of carbonyl (C=O) groups is 1. The largest absolute Gasteiger partial charge is 0.370 e. The molecule has 1 saturated carbocycles. The predicted molar refractivity (Wildman–Crippen MR) is 67.7 cm³/mol. The van der Waals surface area contributed by atoms with Gasteiger partial charge in [0.15, 0.2) is 5.96 Å². The molecule has 2 aliphatic rings. The van der Waals surface area contributed by atoms with Crippen LogP contribution in [0.4, 0.5) is 0 Å². The summed E-state index contributed by atoms with van der Waals surface area (Å²) in [6.45, 7) is 3.24. The van der Waals surface area contributed by atoms with Gasteiger partial charge in [0.1, 0.15) is 0 Å². The molecule has 1 aliphatic heterocycles. The van der Waals surface area contributed by atoms with E-state index < -0.39 is 0 Å². The fraction of sp³-hybridized carbons (Fsp3) is 0.833. The van der Waals surface area contributed by atoms with Crippen LogP contribution in [-0.2, 0) is 4.79 Å². The summed E-state index contributed by atoms with van der Waals surface area (Å²) in [5.41, 5.74) is 6.02. The smallest absolute Gasteiger partial charge is 0.217 e. The van der Waals surface area contributed by atoms with E-state index >= 15 is 0 Å². The van der Waals surface area contributed by atoms with E-state index in [9.17, 15) is 4.79 Å². The van der Waals surface area contributed by atoms with E-state index in [-0.39, 0.29) is 11.9 Å². The van der Waals surface area contributed by atoms with Gasteiger partial charge >= 0.3 is 0 Å². The number of rotatable bonds is 2. The second-order valence-electron chi connectivity index (χ2n) is 5.06. The van der Waals surface area contributed by atoms with Crippen LogP contribution in [0.2, 0.25) is 0 Å². The third kappa shape index (κ3) is 3.35. The molecule has 1 aliphatic carbocycles. The molecule has 0 aromatic carbocycles. The van der Waals surface area contributed by atoms with Crippen molar-refractivity contribution in [3.05, 3.63) is 0 Å². The van der Waals surface area contributed by atoms with Gasteiger partial charge in [-0.15, -0.1) is 0 Å². The predicted octanol–water partition coefficient (Wildman–Crippen LogP) is 0.454. The molecule has 96 valence electrons. The van der Waals surface area contributed by atoms with E-state index in [2.05, 4.69) is 15.2 Å². The van der Waals surface area contributed by atoms with E-state index in [0.29, 0.717) is 12.0 Å². The van der Waals surface area contributed by atoms with Crippen LogP contribution in [0.25, 0.3) is 0 Å².